The number of anilines is 1. The van der Waals surface area contributed by atoms with Crippen molar-refractivity contribution < 1.29 is 10.0 Å². The standard InChI is InChI=1S/C14H11BrIN3O2/c15-10-7-8(13(17)19-21)5-6-12(10)18-14(20)9-3-1-2-4-11(9)16/h1-7,21H,(H2,17,19)(H,18,20). The van der Waals surface area contributed by atoms with Crippen LogP contribution in [0, 0.1) is 3.57 Å². The number of nitrogens with zero attached hydrogens (tertiary/aromatic N) is 1. The molecule has 0 spiro atoms. The summed E-state index contributed by atoms with van der Waals surface area (Å²) in [5.41, 5.74) is 7.28. The Morgan fingerprint density at radius 2 is 2.00 bits per heavy atom. The number of amides is 1. The monoisotopic (exact) mass is 459 g/mol. The summed E-state index contributed by atoms with van der Waals surface area (Å²) in [6.45, 7) is 0. The van der Waals surface area contributed by atoms with Crippen molar-refractivity contribution >= 4 is 56.0 Å². The predicted octanol–water partition coefficient (Wildman–Crippen LogP) is 3.40. The lowest BCUT2D eigenvalue weighted by atomic mass is 10.1. The van der Waals surface area contributed by atoms with E-state index in [4.69, 9.17) is 10.9 Å². The molecule has 0 unspecified atom stereocenters. The van der Waals surface area contributed by atoms with Crippen molar-refractivity contribution in [1.82, 2.24) is 0 Å². The van der Waals surface area contributed by atoms with Crippen LogP contribution in [-0.4, -0.2) is 17.0 Å². The van der Waals surface area contributed by atoms with Gasteiger partial charge >= 0.3 is 0 Å². The molecule has 0 atom stereocenters. The fourth-order valence-corrected chi connectivity index (χ4v) is 2.78. The molecule has 0 saturated carbocycles. The molecule has 2 rings (SSSR count). The van der Waals surface area contributed by atoms with Crippen molar-refractivity contribution in [3.63, 3.8) is 0 Å². The van der Waals surface area contributed by atoms with Crippen LogP contribution < -0.4 is 11.1 Å². The number of hydrogen-bond acceptors (Lipinski definition) is 3. The quantitative estimate of drug-likeness (QED) is 0.216. The van der Waals surface area contributed by atoms with Crippen molar-refractivity contribution in [1.29, 1.82) is 0 Å². The first kappa shape index (κ1) is 15.8. The lowest BCUT2D eigenvalue weighted by Gasteiger charge is -2.10. The molecule has 0 fully saturated rings. The van der Waals surface area contributed by atoms with Crippen molar-refractivity contribution in [2.45, 2.75) is 0 Å². The summed E-state index contributed by atoms with van der Waals surface area (Å²) >= 11 is 5.47. The number of halogens is 2. The molecule has 2 aromatic carbocycles. The summed E-state index contributed by atoms with van der Waals surface area (Å²) in [5.74, 6) is -0.191. The molecular weight excluding hydrogens is 449 g/mol. The Kier molecular flexibility index (Phi) is 5.18. The molecule has 21 heavy (non-hydrogen) atoms. The predicted molar refractivity (Wildman–Crippen MR) is 93.8 cm³/mol. The largest absolute Gasteiger partial charge is 0.409 e. The lowest BCUT2D eigenvalue weighted by Crippen LogP contribution is -2.15. The first-order valence-electron chi connectivity index (χ1n) is 5.86. The molecule has 0 aliphatic rings. The minimum Gasteiger partial charge on any atom is -0.409 e. The highest BCUT2D eigenvalue weighted by atomic mass is 127. The van der Waals surface area contributed by atoms with E-state index in [2.05, 4.69) is 49.0 Å². The second kappa shape index (κ2) is 6.90. The molecular formula is C14H11BrIN3O2. The van der Waals surface area contributed by atoms with Crippen LogP contribution in [0.3, 0.4) is 0 Å². The maximum atomic E-state index is 12.2. The van der Waals surface area contributed by atoms with E-state index in [-0.39, 0.29) is 11.7 Å². The van der Waals surface area contributed by atoms with Crippen LogP contribution in [0.2, 0.25) is 0 Å². The van der Waals surface area contributed by atoms with Crippen LogP contribution in [0.1, 0.15) is 15.9 Å². The van der Waals surface area contributed by atoms with Crippen molar-refractivity contribution in [3.05, 3.63) is 61.6 Å². The van der Waals surface area contributed by atoms with Crippen LogP contribution >= 0.6 is 38.5 Å². The Bertz CT molecular complexity index is 719. The Hall–Kier alpha value is -1.61. The van der Waals surface area contributed by atoms with Gasteiger partial charge in [0.25, 0.3) is 5.91 Å². The zero-order valence-corrected chi connectivity index (χ0v) is 14.4. The number of hydrogen-bond donors (Lipinski definition) is 3. The molecule has 4 N–H and O–H groups in total. The van der Waals surface area contributed by atoms with Crippen LogP contribution in [0.5, 0.6) is 0 Å². The zero-order valence-electron chi connectivity index (χ0n) is 10.7. The van der Waals surface area contributed by atoms with Gasteiger partial charge in [-0.3, -0.25) is 4.79 Å². The van der Waals surface area contributed by atoms with Crippen LogP contribution in [0.25, 0.3) is 0 Å². The third-order valence-electron chi connectivity index (χ3n) is 2.74. The average molecular weight is 460 g/mol. The van der Waals surface area contributed by atoms with Gasteiger partial charge < -0.3 is 16.3 Å². The van der Waals surface area contributed by atoms with Crippen molar-refractivity contribution in [2.75, 3.05) is 5.32 Å². The molecule has 0 heterocycles. The molecule has 0 aliphatic carbocycles. The smallest absolute Gasteiger partial charge is 0.256 e. The van der Waals surface area contributed by atoms with E-state index < -0.39 is 0 Å². The second-order valence-electron chi connectivity index (χ2n) is 4.11. The van der Waals surface area contributed by atoms with Crippen LogP contribution in [0.15, 0.2) is 52.1 Å². The number of benzene rings is 2. The van der Waals surface area contributed by atoms with E-state index in [1.165, 1.54) is 0 Å². The number of oxime groups is 1. The topological polar surface area (TPSA) is 87.7 Å². The highest BCUT2D eigenvalue weighted by molar-refractivity contribution is 14.1. The van der Waals surface area contributed by atoms with Gasteiger partial charge in [0.05, 0.1) is 11.3 Å². The molecule has 2 aromatic rings. The molecule has 5 nitrogen and oxygen atoms in total. The van der Waals surface area contributed by atoms with Gasteiger partial charge in [0.15, 0.2) is 5.84 Å². The molecule has 0 bridgehead atoms. The summed E-state index contributed by atoms with van der Waals surface area (Å²) in [6.07, 6.45) is 0. The molecule has 0 radical (unpaired) electrons. The lowest BCUT2D eigenvalue weighted by molar-refractivity contribution is 0.102. The van der Waals surface area contributed by atoms with Gasteiger partial charge in [-0.05, 0) is 68.9 Å². The van der Waals surface area contributed by atoms with Gasteiger partial charge in [-0.25, -0.2) is 0 Å². The minimum atomic E-state index is -0.197. The fourth-order valence-electron chi connectivity index (χ4n) is 1.67. The summed E-state index contributed by atoms with van der Waals surface area (Å²) in [6, 6.07) is 12.3. The van der Waals surface area contributed by atoms with E-state index in [0.29, 0.717) is 21.3 Å². The number of nitrogens with one attached hydrogen (secondary N) is 1. The maximum Gasteiger partial charge on any atom is 0.256 e. The molecule has 1 amide bonds. The van der Waals surface area contributed by atoms with Crippen LogP contribution in [0.4, 0.5) is 5.69 Å². The van der Waals surface area contributed by atoms with Crippen LogP contribution in [-0.2, 0) is 0 Å². The third kappa shape index (κ3) is 3.73. The fraction of sp³-hybridized carbons (Fsp3) is 0. The van der Waals surface area contributed by atoms with E-state index >= 15 is 0 Å². The highest BCUT2D eigenvalue weighted by Gasteiger charge is 2.12. The summed E-state index contributed by atoms with van der Waals surface area (Å²) < 4.78 is 1.52. The van der Waals surface area contributed by atoms with Crippen molar-refractivity contribution in [2.24, 2.45) is 10.9 Å². The molecule has 108 valence electrons. The number of carbonyl (C=O) groups is 1. The van der Waals surface area contributed by atoms with Crippen molar-refractivity contribution in [3.8, 4) is 0 Å². The summed E-state index contributed by atoms with van der Waals surface area (Å²) in [5, 5.41) is 14.4. The van der Waals surface area contributed by atoms with Gasteiger partial charge in [-0.1, -0.05) is 17.3 Å². The highest BCUT2D eigenvalue weighted by Crippen LogP contribution is 2.25. The van der Waals surface area contributed by atoms with E-state index in [1.807, 2.05) is 18.2 Å². The number of nitrogens with two attached hydrogens (primary N) is 1. The van der Waals surface area contributed by atoms with Gasteiger partial charge in [-0.2, -0.15) is 0 Å². The first-order chi connectivity index (χ1) is 10.0. The summed E-state index contributed by atoms with van der Waals surface area (Å²) in [4.78, 5) is 12.2. The number of rotatable bonds is 3. The second-order valence-corrected chi connectivity index (χ2v) is 6.13. The number of carbonyl (C=O) groups excluding carboxylic acids is 1. The van der Waals surface area contributed by atoms with E-state index in [1.54, 1.807) is 24.3 Å². The zero-order chi connectivity index (χ0) is 15.4. The normalized spacial score (nSPS) is 11.2. The van der Waals surface area contributed by atoms with Gasteiger partial charge in [-0.15, -0.1) is 0 Å². The molecule has 0 aliphatic heterocycles. The third-order valence-corrected chi connectivity index (χ3v) is 4.34. The Balaban J connectivity index is 2.25. The Morgan fingerprint density at radius 1 is 1.29 bits per heavy atom. The Labute approximate surface area is 143 Å². The Morgan fingerprint density at radius 3 is 2.62 bits per heavy atom. The summed E-state index contributed by atoms with van der Waals surface area (Å²) in [7, 11) is 0. The van der Waals surface area contributed by atoms with E-state index in [9.17, 15) is 4.79 Å². The maximum absolute atomic E-state index is 12.2. The number of amidine groups is 1. The SMILES string of the molecule is N/C(=N/O)c1ccc(NC(=O)c2ccccc2I)c(Br)c1. The van der Waals surface area contributed by atoms with Gasteiger partial charge in [0.1, 0.15) is 0 Å². The minimum absolute atomic E-state index is 0.00573. The first-order valence-corrected chi connectivity index (χ1v) is 7.73. The van der Waals surface area contributed by atoms with Gasteiger partial charge in [0, 0.05) is 13.6 Å². The van der Waals surface area contributed by atoms with E-state index in [0.717, 1.165) is 3.57 Å². The molecule has 0 aromatic heterocycles. The molecule has 0 saturated heterocycles. The van der Waals surface area contributed by atoms with Gasteiger partial charge in [0.2, 0.25) is 0 Å². The molecule has 7 heteroatoms. The average Bonchev–Trinajstić information content (AvgIpc) is 2.48.